The number of benzene rings is 1. The van der Waals surface area contributed by atoms with E-state index in [0.29, 0.717) is 38.0 Å². The van der Waals surface area contributed by atoms with Crippen molar-refractivity contribution in [2.24, 2.45) is 11.3 Å². The minimum atomic E-state index is -4.21. The minimum absolute atomic E-state index is 0.0832. The van der Waals surface area contributed by atoms with Crippen molar-refractivity contribution >= 4 is 17.6 Å². The molecule has 0 radical (unpaired) electrons. The molecular weight excluding hydrogens is 444 g/mol. The van der Waals surface area contributed by atoms with E-state index in [2.05, 4.69) is 0 Å². The lowest BCUT2D eigenvalue weighted by molar-refractivity contribution is -0.257. The lowest BCUT2D eigenvalue weighted by atomic mass is 9.63. The third kappa shape index (κ3) is 4.54. The number of halogens is 4. The molecule has 1 unspecified atom stereocenters. The Labute approximate surface area is 189 Å². The summed E-state index contributed by atoms with van der Waals surface area (Å²) in [5.74, 6) is -3.04. The van der Waals surface area contributed by atoms with Crippen LogP contribution in [0.5, 0.6) is 0 Å². The van der Waals surface area contributed by atoms with Gasteiger partial charge in [-0.2, -0.15) is 13.2 Å². The predicted molar refractivity (Wildman–Crippen MR) is 111 cm³/mol. The van der Waals surface area contributed by atoms with Gasteiger partial charge in [-0.05, 0) is 56.2 Å². The van der Waals surface area contributed by atoms with E-state index < -0.39 is 41.4 Å². The van der Waals surface area contributed by atoms with Crippen molar-refractivity contribution in [2.45, 2.75) is 63.3 Å². The number of nitrogens with zero attached hydrogens (tertiary/aromatic N) is 2. The fraction of sp³-hybridized carbons (Fsp3) is 0.652. The molecule has 3 atom stereocenters. The van der Waals surface area contributed by atoms with E-state index >= 15 is 0 Å². The van der Waals surface area contributed by atoms with Gasteiger partial charge in [0.15, 0.2) is 0 Å². The molecule has 33 heavy (non-hydrogen) atoms. The van der Waals surface area contributed by atoms with E-state index in [4.69, 9.17) is 0 Å². The summed E-state index contributed by atoms with van der Waals surface area (Å²) in [5, 5.41) is 19.0. The Kier molecular flexibility index (Phi) is 6.32. The number of carbonyl (C=O) groups is 2. The van der Waals surface area contributed by atoms with Gasteiger partial charge in [-0.3, -0.25) is 4.79 Å². The Hall–Kier alpha value is -2.36. The number of amides is 1. The van der Waals surface area contributed by atoms with Crippen molar-refractivity contribution in [2.75, 3.05) is 24.5 Å². The number of aliphatic carboxylic acids is 1. The third-order valence-electron chi connectivity index (χ3n) is 7.48. The molecule has 3 aliphatic rings. The fourth-order valence-electron chi connectivity index (χ4n) is 5.53. The third-order valence-corrected chi connectivity index (χ3v) is 7.48. The summed E-state index contributed by atoms with van der Waals surface area (Å²) in [7, 11) is 0. The highest BCUT2D eigenvalue weighted by atomic mass is 19.4. The summed E-state index contributed by atoms with van der Waals surface area (Å²) in [6.07, 6.45) is -2.91. The molecule has 10 heteroatoms. The van der Waals surface area contributed by atoms with Gasteiger partial charge in [0, 0.05) is 31.7 Å². The molecule has 0 aromatic heterocycles. The van der Waals surface area contributed by atoms with Gasteiger partial charge < -0.3 is 20.0 Å². The number of anilines is 1. The van der Waals surface area contributed by atoms with Crippen LogP contribution in [0, 0.1) is 17.2 Å². The Morgan fingerprint density at radius 1 is 1.15 bits per heavy atom. The van der Waals surface area contributed by atoms with Crippen molar-refractivity contribution in [3.63, 3.8) is 0 Å². The predicted octanol–water partition coefficient (Wildman–Crippen LogP) is 3.82. The van der Waals surface area contributed by atoms with Crippen molar-refractivity contribution in [3.05, 3.63) is 29.6 Å². The molecular formula is C23H28F4N2O4. The molecule has 0 spiro atoms. The lowest BCUT2D eigenvalue weighted by Gasteiger charge is -2.47. The average molecular weight is 472 g/mol. The maximum atomic E-state index is 14.9. The molecule has 6 nitrogen and oxygen atoms in total. The summed E-state index contributed by atoms with van der Waals surface area (Å²) in [6.45, 7) is 0.789. The van der Waals surface area contributed by atoms with Crippen LogP contribution in [-0.2, 0) is 4.79 Å². The van der Waals surface area contributed by atoms with Gasteiger partial charge in [0.05, 0.1) is 17.1 Å². The van der Waals surface area contributed by atoms with Crippen LogP contribution in [-0.4, -0.2) is 64.9 Å². The van der Waals surface area contributed by atoms with Crippen LogP contribution >= 0.6 is 0 Å². The van der Waals surface area contributed by atoms with E-state index in [9.17, 15) is 37.4 Å². The topological polar surface area (TPSA) is 81.1 Å². The number of carboxylic acid groups (broad SMARTS) is 1. The van der Waals surface area contributed by atoms with Crippen molar-refractivity contribution in [3.8, 4) is 0 Å². The molecule has 2 N–H and O–H groups in total. The van der Waals surface area contributed by atoms with E-state index in [-0.39, 0.29) is 43.7 Å². The van der Waals surface area contributed by atoms with Crippen molar-refractivity contribution < 1.29 is 37.4 Å². The first-order valence-corrected chi connectivity index (χ1v) is 11.3. The normalized spacial score (nSPS) is 27.4. The second-order valence-corrected chi connectivity index (χ2v) is 9.66. The zero-order valence-electron chi connectivity index (χ0n) is 18.2. The van der Waals surface area contributed by atoms with Gasteiger partial charge in [-0.25, -0.2) is 9.18 Å². The molecule has 1 amide bonds. The molecule has 2 heterocycles. The molecule has 1 aromatic carbocycles. The van der Waals surface area contributed by atoms with E-state index in [1.165, 1.54) is 12.1 Å². The number of rotatable bonds is 5. The molecule has 3 fully saturated rings. The van der Waals surface area contributed by atoms with Crippen LogP contribution < -0.4 is 4.90 Å². The first-order valence-electron chi connectivity index (χ1n) is 11.3. The molecule has 2 aliphatic heterocycles. The van der Waals surface area contributed by atoms with Crippen LogP contribution in [0.1, 0.15) is 55.3 Å². The first kappa shape index (κ1) is 23.8. The number of hydrogen-bond acceptors (Lipinski definition) is 4. The van der Waals surface area contributed by atoms with E-state index in [0.717, 1.165) is 4.90 Å². The van der Waals surface area contributed by atoms with Crippen LogP contribution in [0.2, 0.25) is 0 Å². The highest BCUT2D eigenvalue weighted by molar-refractivity contribution is 5.97. The van der Waals surface area contributed by atoms with Gasteiger partial charge in [0.2, 0.25) is 0 Å². The second-order valence-electron chi connectivity index (χ2n) is 9.66. The summed E-state index contributed by atoms with van der Waals surface area (Å²) in [6, 6.07) is 2.79. The Morgan fingerprint density at radius 2 is 1.88 bits per heavy atom. The van der Waals surface area contributed by atoms with Gasteiger partial charge >= 0.3 is 12.1 Å². The number of aliphatic hydroxyl groups is 1. The van der Waals surface area contributed by atoms with E-state index in [1.807, 2.05) is 4.90 Å². The standard InChI is InChI=1S/C23H28F4N2O4/c24-18-9-15(4-5-17(18)20(31)29-13-16(30)10-19(29)21(32)33)28-8-1-3-14(12-28)11-22(6-2-7-22)23(25,26)27/h4-5,9,14,16,19,30H,1-3,6-8,10-13H2,(H,32,33)/t14?,16-,19+/m1/s1. The molecule has 1 saturated carbocycles. The Morgan fingerprint density at radius 3 is 2.45 bits per heavy atom. The number of alkyl halides is 3. The molecule has 0 bridgehead atoms. The first-order chi connectivity index (χ1) is 15.5. The minimum Gasteiger partial charge on any atom is -0.480 e. The highest BCUT2D eigenvalue weighted by Gasteiger charge is 2.58. The molecule has 1 aliphatic carbocycles. The Bertz CT molecular complexity index is 918. The average Bonchev–Trinajstić information content (AvgIpc) is 3.11. The number of carbonyl (C=O) groups excluding carboxylic acids is 1. The van der Waals surface area contributed by atoms with Gasteiger partial charge in [0.25, 0.3) is 5.91 Å². The zero-order chi connectivity index (χ0) is 24.0. The summed E-state index contributed by atoms with van der Waals surface area (Å²) in [4.78, 5) is 26.9. The maximum absolute atomic E-state index is 14.9. The molecule has 182 valence electrons. The number of piperidine rings is 1. The lowest BCUT2D eigenvalue weighted by Crippen LogP contribution is -2.47. The SMILES string of the molecule is O=C(O)[C@@H]1C[C@@H](O)CN1C(=O)c1ccc(N2CCCC(CC3(C(F)(F)F)CCC3)C2)cc1F. The van der Waals surface area contributed by atoms with Crippen LogP contribution in [0.25, 0.3) is 0 Å². The van der Waals surface area contributed by atoms with Crippen molar-refractivity contribution in [1.29, 1.82) is 0 Å². The molecule has 1 aromatic rings. The smallest absolute Gasteiger partial charge is 0.394 e. The molecule has 4 rings (SSSR count). The maximum Gasteiger partial charge on any atom is 0.394 e. The Balaban J connectivity index is 1.46. The summed E-state index contributed by atoms with van der Waals surface area (Å²) < 4.78 is 55.6. The van der Waals surface area contributed by atoms with Crippen molar-refractivity contribution in [1.82, 2.24) is 4.90 Å². The fourth-order valence-corrected chi connectivity index (χ4v) is 5.53. The monoisotopic (exact) mass is 472 g/mol. The second kappa shape index (κ2) is 8.77. The molecule has 2 saturated heterocycles. The number of β-amino-alcohol motifs (C(OH)–C–C–N with tert-alkyl or cyclic N) is 1. The highest BCUT2D eigenvalue weighted by Crippen LogP contribution is 2.57. The number of aliphatic hydroxyl groups excluding tert-OH is 1. The van der Waals surface area contributed by atoms with E-state index in [1.54, 1.807) is 6.07 Å². The number of hydrogen-bond donors (Lipinski definition) is 2. The van der Waals surface area contributed by atoms with Crippen LogP contribution in [0.15, 0.2) is 18.2 Å². The quantitative estimate of drug-likeness (QED) is 0.637. The number of likely N-dealkylation sites (tertiary alicyclic amines) is 1. The van der Waals surface area contributed by atoms with Gasteiger partial charge in [0.1, 0.15) is 11.9 Å². The number of carboxylic acids is 1. The summed E-state index contributed by atoms with van der Waals surface area (Å²) in [5.41, 5.74) is -1.40. The van der Waals surface area contributed by atoms with Gasteiger partial charge in [-0.1, -0.05) is 6.42 Å². The van der Waals surface area contributed by atoms with Crippen LogP contribution in [0.4, 0.5) is 23.2 Å². The largest absolute Gasteiger partial charge is 0.480 e. The van der Waals surface area contributed by atoms with Gasteiger partial charge in [-0.15, -0.1) is 0 Å². The van der Waals surface area contributed by atoms with Crippen LogP contribution in [0.3, 0.4) is 0 Å². The zero-order valence-corrected chi connectivity index (χ0v) is 18.2. The summed E-state index contributed by atoms with van der Waals surface area (Å²) >= 11 is 0.